The van der Waals surface area contributed by atoms with Gasteiger partial charge in [-0.05, 0) is 57.9 Å². The Kier molecular flexibility index (Phi) is 18.3. The van der Waals surface area contributed by atoms with Crippen LogP contribution in [0.15, 0.2) is 70.4 Å². The molecule has 2 aromatic rings. The third kappa shape index (κ3) is 11.9. The Morgan fingerprint density at radius 3 is 2.28 bits per heavy atom. The van der Waals surface area contributed by atoms with E-state index in [0.29, 0.717) is 42.3 Å². The highest BCUT2D eigenvalue weighted by Gasteiger charge is 2.53. The number of phenols is 2. The first-order valence-corrected chi connectivity index (χ1v) is 28.5. The summed E-state index contributed by atoms with van der Waals surface area (Å²) in [7, 11) is 1.43. The number of anilines is 1. The number of aromatic hydroxyl groups is 2. The van der Waals surface area contributed by atoms with Crippen molar-refractivity contribution in [3.63, 3.8) is 0 Å². The van der Waals surface area contributed by atoms with Crippen molar-refractivity contribution in [3.05, 3.63) is 82.3 Å². The van der Waals surface area contributed by atoms with Gasteiger partial charge in [0.2, 0.25) is 5.91 Å². The number of likely N-dealkylation sites (tertiary alicyclic amines) is 1. The van der Waals surface area contributed by atoms with Crippen LogP contribution in [0.5, 0.6) is 17.2 Å². The lowest BCUT2D eigenvalue weighted by Gasteiger charge is -2.39. The van der Waals surface area contributed by atoms with Crippen molar-refractivity contribution in [2.45, 2.75) is 158 Å². The lowest BCUT2D eigenvalue weighted by molar-refractivity contribution is -0.165. The lowest BCUT2D eigenvalue weighted by Crippen LogP contribution is -2.48. The van der Waals surface area contributed by atoms with Gasteiger partial charge in [0, 0.05) is 102 Å². The number of rotatable bonds is 10. The van der Waals surface area contributed by atoms with Gasteiger partial charge in [-0.3, -0.25) is 24.2 Å². The van der Waals surface area contributed by atoms with Crippen LogP contribution in [0.1, 0.15) is 109 Å². The number of ketones is 1. The van der Waals surface area contributed by atoms with Gasteiger partial charge in [0.05, 0.1) is 41.2 Å². The summed E-state index contributed by atoms with van der Waals surface area (Å²) in [5, 5.41) is 58.1. The fourth-order valence-electron chi connectivity index (χ4n) is 12.0. The van der Waals surface area contributed by atoms with Crippen LogP contribution in [-0.2, 0) is 28.6 Å². The van der Waals surface area contributed by atoms with Crippen LogP contribution in [-0.4, -0.2) is 134 Å². The minimum Gasteiger partial charge on any atom is -0.507 e. The molecule has 0 radical (unpaired) electrons. The summed E-state index contributed by atoms with van der Waals surface area (Å²) >= 11 is 2.39. The number of esters is 1. The Balaban J connectivity index is 1.15. The fraction of sp³-hybridized carbons (Fsp3) is 0.559. The highest BCUT2D eigenvalue weighted by atomic mass is 127. The summed E-state index contributed by atoms with van der Waals surface area (Å²) in [5.74, 6) is -7.01. The maximum Gasteiger partial charge on any atom is 0.383 e. The van der Waals surface area contributed by atoms with E-state index in [9.17, 15) is 34.8 Å². The number of amides is 2. The Morgan fingerprint density at radius 2 is 1.64 bits per heavy atom. The molecule has 5 heterocycles. The highest BCUT2D eigenvalue weighted by Crippen LogP contribution is 2.51. The van der Waals surface area contributed by atoms with Crippen molar-refractivity contribution in [1.29, 1.82) is 0 Å². The molecule has 2 aromatic carbocycles. The Bertz CT molecular complexity index is 2970. The van der Waals surface area contributed by atoms with Gasteiger partial charge in [-0.1, -0.05) is 99.7 Å². The minimum absolute atomic E-state index is 0.0490. The molecule has 9 rings (SSSR count). The van der Waals surface area contributed by atoms with Gasteiger partial charge in [-0.25, -0.2) is 4.99 Å². The van der Waals surface area contributed by atoms with E-state index in [2.05, 4.69) is 73.4 Å². The van der Waals surface area contributed by atoms with E-state index in [1.165, 1.54) is 26.2 Å². The SMILES string of the molecule is C#C[C@@]12O/C=C/[C@H](OC)[C@@H](CC)[C@@H](OC(=O)CC(=O)NC3CCC(NC4C=CC=C4)CC3)[C@H](C)[C@H](O)[C@H](C)[C@@H](O)[C@@H](C)/C=C/C=C(/C)C(=O)N=c3c(O)c4c(O)c(C)c(c(c4c4c3=NC3(CCN(CC(C)I)CC3)N4)C1=O)O2. The van der Waals surface area contributed by atoms with Crippen molar-refractivity contribution in [1.82, 2.24) is 15.5 Å². The second kappa shape index (κ2) is 24.4. The van der Waals surface area contributed by atoms with Gasteiger partial charge in [0.1, 0.15) is 40.4 Å². The van der Waals surface area contributed by atoms with Crippen LogP contribution in [0.25, 0.3) is 10.8 Å². The summed E-state index contributed by atoms with van der Waals surface area (Å²) in [6.45, 7) is 14.4. The Morgan fingerprint density at radius 1 is 0.962 bits per heavy atom. The molecule has 7 N–H and O–H groups in total. The van der Waals surface area contributed by atoms with Gasteiger partial charge in [-0.2, -0.15) is 0 Å². The predicted molar refractivity (Wildman–Crippen MR) is 302 cm³/mol. The molecule has 7 aliphatic rings. The quantitative estimate of drug-likeness (QED) is 0.0371. The van der Waals surface area contributed by atoms with Crippen molar-refractivity contribution < 1.29 is 58.6 Å². The van der Waals surface area contributed by atoms with Crippen molar-refractivity contribution in [2.75, 3.05) is 32.1 Å². The number of ether oxygens (including phenoxy) is 4. The smallest absolute Gasteiger partial charge is 0.383 e. The molecule has 1 saturated carbocycles. The molecule has 2 aliphatic carbocycles. The number of aliphatic hydroxyl groups excluding tert-OH is 2. The monoisotopic (exact) mass is 1190 g/mol. The number of fused-ring (bicyclic) bond motifs is 13. The van der Waals surface area contributed by atoms with Gasteiger partial charge in [0.25, 0.3) is 11.7 Å². The standard InChI is InChI=1S/C59H75IN6O12/c1-10-40-41(75-9)23-28-76-59(11-2)56(73)46-44-45(52(71)36(8)55(46)78-59)53(72)49(48-47(44)64-58(65-48)24-26-66(27-25-58)30-33(5)60)63-57(74)32(4)16-14-15-31(3)50(69)34(6)51(70)35(7)54(40)77-43(68)29-42(67)62-39-21-19-38(20-22-39)61-37-17-12-13-18-37/h2,12-18,23,28,31,33-35,37-41,50-51,54,61,64,69-72H,10,19-22,24-27,29-30H2,1,3-9H3,(H,62,67)/b15-14+,28-23+,32-16-,63-49?/t31-,33?,34+,35+,38?,39?,40+,41-,50-,51+,54-,59-/m0/s1. The average Bonchev–Trinajstić information content (AvgIpc) is 4.14. The Labute approximate surface area is 469 Å². The van der Waals surface area contributed by atoms with Gasteiger partial charge >= 0.3 is 11.8 Å². The van der Waals surface area contributed by atoms with Crippen LogP contribution in [0.2, 0.25) is 0 Å². The number of allylic oxidation sites excluding steroid dienone is 4. The number of methoxy groups -OCH3 is 1. The molecule has 5 bridgehead atoms. The lowest BCUT2D eigenvalue weighted by atomic mass is 9.77. The molecule has 420 valence electrons. The number of aliphatic hydroxyl groups is 2. The second-order valence-corrected chi connectivity index (χ2v) is 24.2. The van der Waals surface area contributed by atoms with Crippen LogP contribution < -0.4 is 31.4 Å². The molecule has 1 saturated heterocycles. The molecule has 1 unspecified atom stereocenters. The number of hydrogen-bond donors (Lipinski definition) is 7. The average molecular weight is 1190 g/mol. The molecule has 78 heavy (non-hydrogen) atoms. The number of phenolic OH excluding ortho intramolecular Hbond substituents is 2. The number of alkyl halides is 1. The summed E-state index contributed by atoms with van der Waals surface area (Å²) < 4.78 is 25.1. The van der Waals surface area contributed by atoms with E-state index < -0.39 is 101 Å². The molecule has 0 aromatic heterocycles. The molecular weight excluding hydrogens is 1110 g/mol. The zero-order valence-corrected chi connectivity index (χ0v) is 47.9. The molecule has 18 nitrogen and oxygen atoms in total. The minimum atomic E-state index is -2.45. The van der Waals surface area contributed by atoms with E-state index in [4.69, 9.17) is 30.4 Å². The van der Waals surface area contributed by atoms with E-state index >= 15 is 4.79 Å². The number of piperidine rings is 1. The number of Topliss-reactive ketones (excluding diaryl/α,β-unsaturated/α-hetero) is 1. The molecular formula is C59H75IN6O12. The van der Waals surface area contributed by atoms with Crippen LogP contribution >= 0.6 is 22.6 Å². The molecule has 2 amide bonds. The molecule has 5 aliphatic heterocycles. The number of hydrogen-bond acceptors (Lipinski definition) is 16. The summed E-state index contributed by atoms with van der Waals surface area (Å²) in [6.07, 6.45) is 21.4. The third-order valence-electron chi connectivity index (χ3n) is 16.6. The largest absolute Gasteiger partial charge is 0.507 e. The number of benzene rings is 2. The Hall–Kier alpha value is -5.63. The van der Waals surface area contributed by atoms with E-state index in [1.54, 1.807) is 39.8 Å². The summed E-state index contributed by atoms with van der Waals surface area (Å²) in [5.41, 5.74) is -0.571. The van der Waals surface area contributed by atoms with E-state index in [-0.39, 0.29) is 61.7 Å². The summed E-state index contributed by atoms with van der Waals surface area (Å²) in [4.78, 5) is 68.5. The van der Waals surface area contributed by atoms with Crippen molar-refractivity contribution in [2.24, 2.45) is 33.7 Å². The highest BCUT2D eigenvalue weighted by molar-refractivity contribution is 14.1. The van der Waals surface area contributed by atoms with E-state index in [0.717, 1.165) is 38.5 Å². The molecule has 1 spiro atoms. The third-order valence-corrected chi connectivity index (χ3v) is 17.0. The second-order valence-electron chi connectivity index (χ2n) is 22.0. The number of terminal acetylenes is 1. The maximum absolute atomic E-state index is 15.1. The van der Waals surface area contributed by atoms with Crippen molar-refractivity contribution in [3.8, 4) is 29.6 Å². The zero-order chi connectivity index (χ0) is 56.4. The number of nitrogens with one attached hydrogen (secondary N) is 3. The number of carbonyl (C=O) groups is 4. The first-order valence-electron chi connectivity index (χ1n) is 27.3. The van der Waals surface area contributed by atoms with Crippen LogP contribution in [0, 0.1) is 42.9 Å². The van der Waals surface area contributed by atoms with Crippen LogP contribution in [0.3, 0.4) is 0 Å². The number of nitrogens with zero attached hydrogens (tertiary/aromatic N) is 3. The number of carbonyl (C=O) groups excluding carboxylic acids is 4. The summed E-state index contributed by atoms with van der Waals surface area (Å²) in [6, 6.07) is 0.386. The fourth-order valence-corrected chi connectivity index (χ4v) is 12.5. The molecule has 2 fully saturated rings. The maximum atomic E-state index is 15.1. The predicted octanol–water partition coefficient (Wildman–Crippen LogP) is 5.80. The first kappa shape index (κ1) is 58.5. The van der Waals surface area contributed by atoms with Crippen molar-refractivity contribution >= 4 is 62.6 Å². The zero-order valence-electron chi connectivity index (χ0n) is 45.8. The molecule has 10 atom stereocenters. The topological polar surface area (TPSA) is 250 Å². The van der Waals surface area contributed by atoms with E-state index in [1.807, 2.05) is 19.1 Å². The number of halogens is 1. The van der Waals surface area contributed by atoms with Gasteiger partial charge in [-0.15, -0.1) is 6.42 Å². The van der Waals surface area contributed by atoms with Gasteiger partial charge < -0.3 is 60.2 Å². The first-order chi connectivity index (χ1) is 37.1. The molecule has 19 heteroatoms. The van der Waals surface area contributed by atoms with Gasteiger partial charge in [0.15, 0.2) is 5.75 Å². The normalized spacial score (nSPS) is 32.2. The van der Waals surface area contributed by atoms with Crippen LogP contribution in [0.4, 0.5) is 5.69 Å².